The number of aromatic nitrogens is 3. The molecule has 3 aromatic heterocycles. The minimum absolute atomic E-state index is 0.183. The normalized spacial score (nSPS) is 13.5. The van der Waals surface area contributed by atoms with Crippen molar-refractivity contribution in [1.82, 2.24) is 19.9 Å². The van der Waals surface area contributed by atoms with Gasteiger partial charge in [-0.25, -0.2) is 9.97 Å². The Kier molecular flexibility index (Phi) is 8.15. The number of nitrogens with zero attached hydrogens (tertiary/aromatic N) is 3. The second-order valence-corrected chi connectivity index (χ2v) is 9.44. The Morgan fingerprint density at radius 3 is 2.63 bits per heavy atom. The van der Waals surface area contributed by atoms with Crippen molar-refractivity contribution in [3.63, 3.8) is 0 Å². The molecule has 5 rings (SSSR count). The van der Waals surface area contributed by atoms with Gasteiger partial charge in [0.1, 0.15) is 18.2 Å². The average Bonchev–Trinajstić information content (AvgIpc) is 3.54. The fraction of sp³-hybridized carbons (Fsp3) is 0.370. The zero-order valence-corrected chi connectivity index (χ0v) is 21.7. The Morgan fingerprint density at radius 2 is 1.89 bits per heavy atom. The van der Waals surface area contributed by atoms with Crippen molar-refractivity contribution in [2.45, 2.75) is 40.5 Å². The van der Waals surface area contributed by atoms with Gasteiger partial charge in [-0.2, -0.15) is 0 Å². The molecule has 35 heavy (non-hydrogen) atoms. The number of aryl methyl sites for hydroxylation is 2. The van der Waals surface area contributed by atoms with E-state index in [0.717, 1.165) is 58.4 Å². The summed E-state index contributed by atoms with van der Waals surface area (Å²) in [6.07, 6.45) is 4.21. The highest BCUT2D eigenvalue weighted by atomic mass is 32.1. The molecular weight excluding hydrogens is 458 g/mol. The first-order valence-corrected chi connectivity index (χ1v) is 13.1. The molecule has 184 valence electrons. The van der Waals surface area contributed by atoms with E-state index in [1.807, 2.05) is 63.4 Å². The third-order valence-corrected chi connectivity index (χ3v) is 6.72. The molecule has 0 atom stereocenters. The van der Waals surface area contributed by atoms with Crippen LogP contribution in [0.1, 0.15) is 37.3 Å². The predicted molar refractivity (Wildman–Crippen MR) is 145 cm³/mol. The van der Waals surface area contributed by atoms with E-state index >= 15 is 0 Å². The largest absolute Gasteiger partial charge is 0.492 e. The summed E-state index contributed by atoms with van der Waals surface area (Å²) in [4.78, 5) is 27.2. The lowest BCUT2D eigenvalue weighted by molar-refractivity contribution is 0.237. The third kappa shape index (κ3) is 5.89. The summed E-state index contributed by atoms with van der Waals surface area (Å²) in [7, 11) is 0. The zero-order valence-electron chi connectivity index (χ0n) is 20.9. The highest BCUT2D eigenvalue weighted by molar-refractivity contribution is 7.09. The van der Waals surface area contributed by atoms with E-state index in [9.17, 15) is 4.79 Å². The van der Waals surface area contributed by atoms with Crippen LogP contribution in [0.5, 0.6) is 5.75 Å². The predicted octanol–water partition coefficient (Wildman–Crippen LogP) is 5.91. The number of hydrogen-bond acceptors (Lipinski definition) is 7. The minimum atomic E-state index is -0.183. The Bertz CT molecular complexity index is 1340. The van der Waals surface area contributed by atoms with Gasteiger partial charge in [-0.15, -0.1) is 11.3 Å². The molecule has 0 bridgehead atoms. The maximum absolute atomic E-state index is 12.7. The first-order valence-electron chi connectivity index (χ1n) is 12.2. The van der Waals surface area contributed by atoms with E-state index in [1.54, 1.807) is 17.5 Å². The summed E-state index contributed by atoms with van der Waals surface area (Å²) in [6.45, 7) is 11.9. The van der Waals surface area contributed by atoms with Crippen LogP contribution in [0.15, 0.2) is 46.7 Å². The van der Waals surface area contributed by atoms with Gasteiger partial charge in [-0.05, 0) is 68.9 Å². The molecule has 2 N–H and O–H groups in total. The second kappa shape index (κ2) is 11.5. The smallest absolute Gasteiger partial charge is 0.259 e. The van der Waals surface area contributed by atoms with E-state index in [2.05, 4.69) is 20.2 Å². The summed E-state index contributed by atoms with van der Waals surface area (Å²) in [5.41, 5.74) is 3.24. The van der Waals surface area contributed by atoms with Gasteiger partial charge in [0.25, 0.3) is 5.56 Å². The Hall–Kier alpha value is -3.23. The van der Waals surface area contributed by atoms with Crippen LogP contribution in [0, 0.1) is 13.8 Å². The quantitative estimate of drug-likeness (QED) is 0.334. The molecule has 1 fully saturated rings. The van der Waals surface area contributed by atoms with Gasteiger partial charge in [0.05, 0.1) is 21.8 Å². The highest BCUT2D eigenvalue weighted by Crippen LogP contribution is 2.30. The Labute approximate surface area is 210 Å². The van der Waals surface area contributed by atoms with Crippen LogP contribution < -0.4 is 15.6 Å². The fourth-order valence-corrected chi connectivity index (χ4v) is 4.78. The summed E-state index contributed by atoms with van der Waals surface area (Å²) >= 11 is 1.58. The van der Waals surface area contributed by atoms with Crippen LogP contribution in [-0.4, -0.2) is 46.1 Å². The number of benzene rings is 1. The number of hydrogen-bond donors (Lipinski definition) is 2. The number of rotatable bonds is 7. The van der Waals surface area contributed by atoms with Crippen molar-refractivity contribution in [2.75, 3.05) is 31.6 Å². The molecule has 0 aliphatic carbocycles. The van der Waals surface area contributed by atoms with E-state index in [0.29, 0.717) is 17.8 Å². The molecule has 4 heterocycles. The third-order valence-electron chi connectivity index (χ3n) is 5.95. The second-order valence-electron chi connectivity index (χ2n) is 8.38. The molecule has 1 saturated heterocycles. The number of fused-ring (bicyclic) bond motifs is 1. The summed E-state index contributed by atoms with van der Waals surface area (Å²) in [5, 5.41) is 7.65. The van der Waals surface area contributed by atoms with Crippen LogP contribution >= 0.6 is 11.3 Å². The number of thiazole rings is 1. The van der Waals surface area contributed by atoms with Crippen molar-refractivity contribution in [2.24, 2.45) is 0 Å². The van der Waals surface area contributed by atoms with Crippen molar-refractivity contribution in [1.29, 1.82) is 0 Å². The van der Waals surface area contributed by atoms with E-state index in [4.69, 9.17) is 9.72 Å². The molecule has 4 aromatic rings. The lowest BCUT2D eigenvalue weighted by Gasteiger charge is -2.17. The van der Waals surface area contributed by atoms with Crippen LogP contribution in [0.2, 0.25) is 0 Å². The minimum Gasteiger partial charge on any atom is -0.492 e. The summed E-state index contributed by atoms with van der Waals surface area (Å²) in [6, 6.07) is 9.77. The topological polar surface area (TPSA) is 83.1 Å². The lowest BCUT2D eigenvalue weighted by Crippen LogP contribution is -2.25. The van der Waals surface area contributed by atoms with Gasteiger partial charge in [0.15, 0.2) is 0 Å². The molecule has 1 aromatic carbocycles. The lowest BCUT2D eigenvalue weighted by atomic mass is 10.1. The Balaban J connectivity index is 0.00000141. The van der Waals surface area contributed by atoms with Crippen LogP contribution in [0.4, 0.5) is 11.5 Å². The Morgan fingerprint density at radius 1 is 1.09 bits per heavy atom. The van der Waals surface area contributed by atoms with E-state index < -0.39 is 0 Å². The van der Waals surface area contributed by atoms with E-state index in [-0.39, 0.29) is 5.56 Å². The van der Waals surface area contributed by atoms with Gasteiger partial charge >= 0.3 is 0 Å². The number of anilines is 2. The molecule has 0 amide bonds. The van der Waals surface area contributed by atoms with Crippen molar-refractivity contribution >= 4 is 33.6 Å². The number of nitrogens with one attached hydrogen (secondary N) is 2. The van der Waals surface area contributed by atoms with Crippen molar-refractivity contribution < 1.29 is 4.74 Å². The average molecular weight is 492 g/mol. The monoisotopic (exact) mass is 491 g/mol. The van der Waals surface area contributed by atoms with Gasteiger partial charge in [0.2, 0.25) is 0 Å². The van der Waals surface area contributed by atoms with Gasteiger partial charge in [-0.1, -0.05) is 19.9 Å². The van der Waals surface area contributed by atoms with Crippen LogP contribution in [-0.2, 0) is 0 Å². The van der Waals surface area contributed by atoms with Crippen molar-refractivity contribution in [3.05, 3.63) is 62.8 Å². The van der Waals surface area contributed by atoms with Crippen LogP contribution in [0.25, 0.3) is 22.2 Å². The SMILES string of the molecule is CC.Cc1nc(-c2cc3cc[nH]c(=O)c3c(Nc3ccc(C)c(OCCN4CCCC4)c3)n2)cs1. The molecular formula is C27H33N5O2S. The van der Waals surface area contributed by atoms with Gasteiger partial charge in [0, 0.05) is 29.9 Å². The maximum Gasteiger partial charge on any atom is 0.259 e. The fourth-order valence-electron chi connectivity index (χ4n) is 4.18. The molecule has 8 heteroatoms. The van der Waals surface area contributed by atoms with Gasteiger partial charge in [-0.3, -0.25) is 9.69 Å². The number of H-pyrrole nitrogens is 1. The molecule has 0 spiro atoms. The molecule has 0 saturated carbocycles. The van der Waals surface area contributed by atoms with Crippen LogP contribution in [0.3, 0.4) is 0 Å². The number of pyridine rings is 2. The molecule has 0 unspecified atom stereocenters. The molecule has 1 aliphatic rings. The van der Waals surface area contributed by atoms with Gasteiger partial charge < -0.3 is 15.0 Å². The number of aromatic amines is 1. The summed E-state index contributed by atoms with van der Waals surface area (Å²) in [5.74, 6) is 1.34. The zero-order chi connectivity index (χ0) is 24.8. The first kappa shape index (κ1) is 24.9. The number of likely N-dealkylation sites (tertiary alicyclic amines) is 1. The molecule has 0 radical (unpaired) electrons. The standard InChI is InChI=1S/C25H27N5O2S.C2H6/c1-16-5-6-19(14-22(16)32-12-11-30-9-3-4-10-30)28-24-23-18(7-8-26-25(23)31)13-20(29-24)21-15-33-17(2)27-21;1-2/h5-8,13-15H,3-4,9-12H2,1-2H3,(H,26,31)(H,28,29);1-2H3. The molecule has 7 nitrogen and oxygen atoms in total. The highest BCUT2D eigenvalue weighted by Gasteiger charge is 2.14. The first-order chi connectivity index (χ1) is 17.1. The summed E-state index contributed by atoms with van der Waals surface area (Å²) < 4.78 is 6.11. The molecule has 1 aliphatic heterocycles. The number of ether oxygens (including phenoxy) is 1. The van der Waals surface area contributed by atoms with E-state index in [1.165, 1.54) is 12.8 Å². The van der Waals surface area contributed by atoms with Crippen molar-refractivity contribution in [3.8, 4) is 17.1 Å². The maximum atomic E-state index is 12.7.